The standard InChI is InChI=1S/C26H20F6N4O2/c27-25(28,29)15-36-22-8-5-17(24(37)35-11-9-19(14-35)18-2-1-10-33-13-18)12-21(22)34-23(36)16-3-6-20(7-4-16)38-26(30,31)32/h1-8,10,12-13,19H,9,11,14-15H2. The van der Waals surface area contributed by atoms with E-state index in [0.29, 0.717) is 13.1 Å². The molecule has 1 fully saturated rings. The normalized spacial score (nSPS) is 16.3. The second-order valence-corrected chi connectivity index (χ2v) is 8.94. The Kier molecular flexibility index (Phi) is 6.49. The van der Waals surface area contributed by atoms with Gasteiger partial charge in [0.1, 0.15) is 18.1 Å². The smallest absolute Gasteiger partial charge is 0.406 e. The summed E-state index contributed by atoms with van der Waals surface area (Å²) in [5.74, 6) is -0.738. The van der Waals surface area contributed by atoms with Crippen LogP contribution in [0.15, 0.2) is 67.0 Å². The molecule has 4 aromatic rings. The number of benzene rings is 2. The summed E-state index contributed by atoms with van der Waals surface area (Å²) in [5.41, 5.74) is 1.77. The van der Waals surface area contributed by atoms with Crippen LogP contribution in [-0.2, 0) is 6.54 Å². The number of rotatable bonds is 5. The number of ether oxygens (including phenoxy) is 1. The fourth-order valence-electron chi connectivity index (χ4n) is 4.65. The average molecular weight is 534 g/mol. The zero-order valence-electron chi connectivity index (χ0n) is 19.6. The molecule has 6 nitrogen and oxygen atoms in total. The molecule has 12 heteroatoms. The maximum Gasteiger partial charge on any atom is 0.573 e. The lowest BCUT2D eigenvalue weighted by atomic mass is 10.0. The van der Waals surface area contributed by atoms with Gasteiger partial charge in [0, 0.05) is 42.5 Å². The summed E-state index contributed by atoms with van der Waals surface area (Å²) >= 11 is 0. The molecular weight excluding hydrogens is 514 g/mol. The first-order chi connectivity index (χ1) is 18.0. The number of amides is 1. The van der Waals surface area contributed by atoms with Crippen molar-refractivity contribution in [3.8, 4) is 17.1 Å². The van der Waals surface area contributed by atoms with Crippen molar-refractivity contribution < 1.29 is 35.9 Å². The quantitative estimate of drug-likeness (QED) is 0.287. The van der Waals surface area contributed by atoms with E-state index in [9.17, 15) is 31.1 Å². The minimum atomic E-state index is -4.90. The molecule has 0 radical (unpaired) electrons. The SMILES string of the molecule is O=C(c1ccc2c(c1)nc(-c1ccc(OC(F)(F)F)cc1)n2CC(F)(F)F)N1CCC(c2cccnc2)C1. The molecule has 3 heterocycles. The van der Waals surface area contributed by atoms with E-state index in [1.54, 1.807) is 17.3 Å². The molecule has 1 aliphatic rings. The zero-order chi connectivity index (χ0) is 27.1. The van der Waals surface area contributed by atoms with Gasteiger partial charge in [0.15, 0.2) is 0 Å². The van der Waals surface area contributed by atoms with Gasteiger partial charge in [-0.05, 0) is 60.5 Å². The number of pyridine rings is 1. The van der Waals surface area contributed by atoms with E-state index in [-0.39, 0.29) is 39.8 Å². The predicted octanol–water partition coefficient (Wildman–Crippen LogP) is 6.19. The highest BCUT2D eigenvalue weighted by Gasteiger charge is 2.33. The van der Waals surface area contributed by atoms with Crippen LogP contribution in [0.3, 0.4) is 0 Å². The van der Waals surface area contributed by atoms with Crippen molar-refractivity contribution in [1.82, 2.24) is 19.4 Å². The van der Waals surface area contributed by atoms with Crippen LogP contribution in [0.4, 0.5) is 26.3 Å². The van der Waals surface area contributed by atoms with Gasteiger partial charge in [-0.2, -0.15) is 13.2 Å². The van der Waals surface area contributed by atoms with Crippen LogP contribution in [0, 0.1) is 0 Å². The molecule has 198 valence electrons. The first-order valence-electron chi connectivity index (χ1n) is 11.6. The van der Waals surface area contributed by atoms with Gasteiger partial charge in [-0.25, -0.2) is 4.98 Å². The summed E-state index contributed by atoms with van der Waals surface area (Å²) < 4.78 is 82.5. The fourth-order valence-corrected chi connectivity index (χ4v) is 4.65. The summed E-state index contributed by atoms with van der Waals surface area (Å²) in [6, 6.07) is 12.5. The van der Waals surface area contributed by atoms with Crippen LogP contribution in [0.5, 0.6) is 5.75 Å². The maximum absolute atomic E-state index is 13.4. The van der Waals surface area contributed by atoms with Crippen molar-refractivity contribution in [3.05, 3.63) is 78.1 Å². The van der Waals surface area contributed by atoms with Gasteiger partial charge >= 0.3 is 12.5 Å². The van der Waals surface area contributed by atoms with Crippen molar-refractivity contribution in [2.75, 3.05) is 13.1 Å². The van der Waals surface area contributed by atoms with Gasteiger partial charge < -0.3 is 14.2 Å². The van der Waals surface area contributed by atoms with E-state index >= 15 is 0 Å². The lowest BCUT2D eigenvalue weighted by molar-refractivity contribution is -0.274. The number of hydrogen-bond acceptors (Lipinski definition) is 4. The van der Waals surface area contributed by atoms with Crippen LogP contribution in [0.1, 0.15) is 28.3 Å². The van der Waals surface area contributed by atoms with Crippen molar-refractivity contribution in [1.29, 1.82) is 0 Å². The van der Waals surface area contributed by atoms with Crippen LogP contribution in [0.2, 0.25) is 0 Å². The molecule has 38 heavy (non-hydrogen) atoms. The molecule has 0 saturated carbocycles. The Morgan fingerprint density at radius 2 is 1.79 bits per heavy atom. The van der Waals surface area contributed by atoms with Crippen LogP contribution < -0.4 is 4.74 Å². The topological polar surface area (TPSA) is 60.2 Å². The Balaban J connectivity index is 1.45. The second kappa shape index (κ2) is 9.66. The highest BCUT2D eigenvalue weighted by Crippen LogP contribution is 2.33. The lowest BCUT2D eigenvalue weighted by Gasteiger charge is -2.17. The molecule has 5 rings (SSSR count). The number of likely N-dealkylation sites (tertiary alicyclic amines) is 1. The zero-order valence-corrected chi connectivity index (χ0v) is 19.6. The van der Waals surface area contributed by atoms with Crippen LogP contribution >= 0.6 is 0 Å². The molecular formula is C26H20F6N4O2. The Morgan fingerprint density at radius 1 is 1.03 bits per heavy atom. The Hall–Kier alpha value is -4.09. The Labute approximate surface area is 212 Å². The van der Waals surface area contributed by atoms with Gasteiger partial charge in [0.05, 0.1) is 11.0 Å². The lowest BCUT2D eigenvalue weighted by Crippen LogP contribution is -2.28. The molecule has 0 spiro atoms. The van der Waals surface area contributed by atoms with Gasteiger partial charge in [0.25, 0.3) is 5.91 Å². The molecule has 1 amide bonds. The van der Waals surface area contributed by atoms with Crippen LogP contribution in [-0.4, -0.2) is 51.0 Å². The summed E-state index contributed by atoms with van der Waals surface area (Å²) in [6.07, 6.45) is -5.29. The number of imidazole rings is 1. The van der Waals surface area contributed by atoms with Crippen molar-refractivity contribution >= 4 is 16.9 Å². The van der Waals surface area contributed by atoms with E-state index in [4.69, 9.17) is 0 Å². The minimum absolute atomic E-state index is 0.0988. The molecule has 2 aromatic heterocycles. The molecule has 1 unspecified atom stereocenters. The average Bonchev–Trinajstić information content (AvgIpc) is 3.48. The summed E-state index contributed by atoms with van der Waals surface area (Å²) in [4.78, 5) is 23.3. The number of halogens is 6. The third kappa shape index (κ3) is 5.58. The van der Waals surface area contributed by atoms with E-state index < -0.39 is 24.8 Å². The Bertz CT molecular complexity index is 1450. The molecule has 1 saturated heterocycles. The molecule has 0 N–H and O–H groups in total. The number of fused-ring (bicyclic) bond motifs is 1. The highest BCUT2D eigenvalue weighted by atomic mass is 19.4. The number of carbonyl (C=O) groups is 1. The van der Waals surface area contributed by atoms with Crippen LogP contribution in [0.25, 0.3) is 22.4 Å². The van der Waals surface area contributed by atoms with E-state index in [1.807, 2.05) is 12.1 Å². The maximum atomic E-state index is 13.4. The summed E-state index contributed by atoms with van der Waals surface area (Å²) in [7, 11) is 0. The largest absolute Gasteiger partial charge is 0.573 e. The number of nitrogens with zero attached hydrogens (tertiary/aromatic N) is 4. The third-order valence-corrected chi connectivity index (χ3v) is 6.31. The van der Waals surface area contributed by atoms with E-state index in [0.717, 1.165) is 28.7 Å². The Morgan fingerprint density at radius 3 is 2.45 bits per heavy atom. The van der Waals surface area contributed by atoms with E-state index in [1.165, 1.54) is 30.3 Å². The summed E-state index contributed by atoms with van der Waals surface area (Å²) in [6.45, 7) is -0.356. The number of hydrogen-bond donors (Lipinski definition) is 0. The monoisotopic (exact) mass is 534 g/mol. The van der Waals surface area contributed by atoms with Gasteiger partial charge in [-0.15, -0.1) is 13.2 Å². The molecule has 1 aliphatic heterocycles. The summed E-state index contributed by atoms with van der Waals surface area (Å²) in [5, 5.41) is 0. The van der Waals surface area contributed by atoms with Crippen molar-refractivity contribution in [2.45, 2.75) is 31.4 Å². The fraction of sp³-hybridized carbons (Fsp3) is 0.269. The number of aromatic nitrogens is 3. The molecule has 2 aromatic carbocycles. The van der Waals surface area contributed by atoms with Crippen molar-refractivity contribution in [3.63, 3.8) is 0 Å². The number of carbonyl (C=O) groups excluding carboxylic acids is 1. The van der Waals surface area contributed by atoms with Gasteiger partial charge in [-0.1, -0.05) is 6.07 Å². The first kappa shape index (κ1) is 25.6. The third-order valence-electron chi connectivity index (χ3n) is 6.31. The van der Waals surface area contributed by atoms with Gasteiger partial charge in [-0.3, -0.25) is 9.78 Å². The first-order valence-corrected chi connectivity index (χ1v) is 11.6. The molecule has 0 aliphatic carbocycles. The number of alkyl halides is 6. The van der Waals surface area contributed by atoms with E-state index in [2.05, 4.69) is 14.7 Å². The van der Waals surface area contributed by atoms with Gasteiger partial charge in [0.2, 0.25) is 0 Å². The van der Waals surface area contributed by atoms with Crippen molar-refractivity contribution in [2.24, 2.45) is 0 Å². The highest BCUT2D eigenvalue weighted by molar-refractivity contribution is 5.98. The predicted molar refractivity (Wildman–Crippen MR) is 125 cm³/mol. The molecule has 0 bridgehead atoms. The second-order valence-electron chi connectivity index (χ2n) is 8.94. The molecule has 1 atom stereocenters. The minimum Gasteiger partial charge on any atom is -0.406 e.